The van der Waals surface area contributed by atoms with Crippen molar-refractivity contribution in [3.63, 3.8) is 0 Å². The number of nitrogen functional groups attached to an aromatic ring is 1. The minimum absolute atomic E-state index is 0.557. The third-order valence-corrected chi connectivity index (χ3v) is 3.78. The van der Waals surface area contributed by atoms with Crippen LogP contribution in [0.1, 0.15) is 4.88 Å². The van der Waals surface area contributed by atoms with Gasteiger partial charge < -0.3 is 5.73 Å². The number of anilines is 1. The Morgan fingerprint density at radius 2 is 2.15 bits per heavy atom. The molecule has 68 valence electrons. The second-order valence-electron chi connectivity index (χ2n) is 2.80. The van der Waals surface area contributed by atoms with Crippen LogP contribution in [0.3, 0.4) is 0 Å². The third-order valence-electron chi connectivity index (χ3n) is 1.85. The van der Waals surface area contributed by atoms with Crippen LogP contribution in [-0.2, 0) is 5.88 Å². The van der Waals surface area contributed by atoms with Crippen LogP contribution < -0.4 is 5.73 Å². The van der Waals surface area contributed by atoms with E-state index in [1.807, 2.05) is 12.1 Å². The van der Waals surface area contributed by atoms with Gasteiger partial charge >= 0.3 is 0 Å². The predicted octanol–water partition coefficient (Wildman–Crippen LogP) is 3.51. The van der Waals surface area contributed by atoms with Gasteiger partial charge in [-0.1, -0.05) is 0 Å². The fraction of sp³-hybridized carbons (Fsp3) is 0.111. The maximum atomic E-state index is 5.74. The summed E-state index contributed by atoms with van der Waals surface area (Å²) >= 11 is 11.7. The highest BCUT2D eigenvalue weighted by Gasteiger charge is 2.03. The molecule has 0 unspecified atom stereocenters. The summed E-state index contributed by atoms with van der Waals surface area (Å²) in [5.74, 6) is 0.557. The molecule has 2 rings (SSSR count). The topological polar surface area (TPSA) is 26.0 Å². The number of halogens is 1. The molecular formula is C9H8ClNS2. The maximum Gasteiger partial charge on any atom is 0.0568 e. The van der Waals surface area contributed by atoms with Gasteiger partial charge in [0.25, 0.3) is 0 Å². The molecule has 0 saturated heterocycles. The van der Waals surface area contributed by atoms with Crippen molar-refractivity contribution >= 4 is 51.3 Å². The number of thiophene rings is 1. The van der Waals surface area contributed by atoms with Gasteiger partial charge in [0, 0.05) is 20.2 Å². The molecule has 1 aromatic carbocycles. The summed E-state index contributed by atoms with van der Waals surface area (Å²) in [6.45, 7) is 0. The minimum Gasteiger partial charge on any atom is -0.398 e. The van der Waals surface area contributed by atoms with Gasteiger partial charge in [0.05, 0.1) is 5.88 Å². The minimum atomic E-state index is 0.557. The Morgan fingerprint density at radius 3 is 2.85 bits per heavy atom. The molecule has 0 aliphatic heterocycles. The Labute approximate surface area is 90.9 Å². The normalized spacial score (nSPS) is 10.9. The number of fused-ring (bicyclic) bond motifs is 1. The Morgan fingerprint density at radius 1 is 1.38 bits per heavy atom. The molecule has 13 heavy (non-hydrogen) atoms. The van der Waals surface area contributed by atoms with E-state index in [1.165, 1.54) is 10.1 Å². The smallest absolute Gasteiger partial charge is 0.0568 e. The van der Waals surface area contributed by atoms with E-state index >= 15 is 0 Å². The summed E-state index contributed by atoms with van der Waals surface area (Å²) in [7, 11) is 0. The molecule has 0 aliphatic carbocycles. The monoisotopic (exact) mass is 229 g/mol. The first-order valence-electron chi connectivity index (χ1n) is 3.77. The molecule has 1 aromatic heterocycles. The number of rotatable bonds is 1. The molecule has 0 fully saturated rings. The summed E-state index contributed by atoms with van der Waals surface area (Å²) in [6, 6.07) is 5.99. The Balaban J connectivity index is 2.70. The summed E-state index contributed by atoms with van der Waals surface area (Å²) in [5, 5.41) is 1.17. The molecule has 1 nitrogen and oxygen atoms in total. The van der Waals surface area contributed by atoms with Crippen LogP contribution in [0.2, 0.25) is 0 Å². The van der Waals surface area contributed by atoms with E-state index in [0.29, 0.717) is 5.88 Å². The van der Waals surface area contributed by atoms with Gasteiger partial charge in [-0.2, -0.15) is 0 Å². The molecule has 2 N–H and O–H groups in total. The lowest BCUT2D eigenvalue weighted by Crippen LogP contribution is -1.84. The predicted molar refractivity (Wildman–Crippen MR) is 63.0 cm³/mol. The molecular weight excluding hydrogens is 222 g/mol. The molecule has 0 spiro atoms. The van der Waals surface area contributed by atoms with Crippen molar-refractivity contribution in [2.45, 2.75) is 10.8 Å². The Bertz CT molecular complexity index is 411. The summed E-state index contributed by atoms with van der Waals surface area (Å²) < 4.78 is 1.17. The number of alkyl halides is 1. The van der Waals surface area contributed by atoms with E-state index < -0.39 is 0 Å². The molecule has 0 aliphatic rings. The summed E-state index contributed by atoms with van der Waals surface area (Å²) in [4.78, 5) is 1.99. The highest BCUT2D eigenvalue weighted by molar-refractivity contribution is 7.80. The first kappa shape index (κ1) is 9.19. The molecule has 1 heterocycles. The largest absolute Gasteiger partial charge is 0.398 e. The Hall–Kier alpha value is -0.380. The van der Waals surface area contributed by atoms with Crippen molar-refractivity contribution in [1.29, 1.82) is 0 Å². The zero-order chi connectivity index (χ0) is 9.42. The van der Waals surface area contributed by atoms with Crippen LogP contribution in [-0.4, -0.2) is 0 Å². The average Bonchev–Trinajstić information content (AvgIpc) is 2.48. The van der Waals surface area contributed by atoms with Crippen molar-refractivity contribution < 1.29 is 0 Å². The fourth-order valence-corrected chi connectivity index (χ4v) is 2.60. The van der Waals surface area contributed by atoms with Gasteiger partial charge in [-0.25, -0.2) is 0 Å². The standard InChI is InChI=1S/C9H8ClNS2/c10-4-6-1-5-2-8(12)7(11)3-9(5)13-6/h1-3,12H,4,11H2. The van der Waals surface area contributed by atoms with Crippen LogP contribution in [0.4, 0.5) is 5.69 Å². The lowest BCUT2D eigenvalue weighted by molar-refractivity contribution is 1.51. The number of hydrogen-bond acceptors (Lipinski definition) is 3. The van der Waals surface area contributed by atoms with Crippen molar-refractivity contribution in [3.05, 3.63) is 23.1 Å². The van der Waals surface area contributed by atoms with Crippen LogP contribution >= 0.6 is 35.6 Å². The third kappa shape index (κ3) is 1.64. The van der Waals surface area contributed by atoms with Crippen molar-refractivity contribution in [1.82, 2.24) is 0 Å². The Kier molecular flexibility index (Phi) is 2.41. The summed E-state index contributed by atoms with van der Waals surface area (Å²) in [6.07, 6.45) is 0. The van der Waals surface area contributed by atoms with Crippen LogP contribution in [0.5, 0.6) is 0 Å². The number of hydrogen-bond donors (Lipinski definition) is 2. The van der Waals surface area contributed by atoms with Crippen LogP contribution in [0, 0.1) is 0 Å². The van der Waals surface area contributed by atoms with E-state index in [2.05, 4.69) is 18.7 Å². The molecule has 2 aromatic rings. The zero-order valence-corrected chi connectivity index (χ0v) is 9.22. The van der Waals surface area contributed by atoms with Crippen molar-refractivity contribution in [2.24, 2.45) is 0 Å². The van der Waals surface area contributed by atoms with Gasteiger partial charge in [0.1, 0.15) is 0 Å². The lowest BCUT2D eigenvalue weighted by atomic mass is 10.2. The van der Waals surface area contributed by atoms with E-state index in [1.54, 1.807) is 11.3 Å². The van der Waals surface area contributed by atoms with E-state index in [-0.39, 0.29) is 0 Å². The van der Waals surface area contributed by atoms with Crippen molar-refractivity contribution in [2.75, 3.05) is 5.73 Å². The number of thiol groups is 1. The van der Waals surface area contributed by atoms with Gasteiger partial charge in [0.15, 0.2) is 0 Å². The van der Waals surface area contributed by atoms with Crippen LogP contribution in [0.15, 0.2) is 23.1 Å². The lowest BCUT2D eigenvalue weighted by Gasteiger charge is -1.97. The van der Waals surface area contributed by atoms with Gasteiger partial charge in [-0.15, -0.1) is 35.6 Å². The first-order chi connectivity index (χ1) is 6.20. The molecule has 0 amide bonds. The first-order valence-corrected chi connectivity index (χ1v) is 5.57. The number of benzene rings is 1. The second-order valence-corrected chi connectivity index (χ2v) is 4.71. The van der Waals surface area contributed by atoms with E-state index in [4.69, 9.17) is 17.3 Å². The fourth-order valence-electron chi connectivity index (χ4n) is 1.21. The van der Waals surface area contributed by atoms with Gasteiger partial charge in [0.2, 0.25) is 0 Å². The average molecular weight is 230 g/mol. The maximum absolute atomic E-state index is 5.74. The molecule has 0 radical (unpaired) electrons. The quantitative estimate of drug-likeness (QED) is 0.437. The number of nitrogens with two attached hydrogens (primary N) is 1. The SMILES string of the molecule is Nc1cc2sc(CCl)cc2cc1S. The van der Waals surface area contributed by atoms with Gasteiger partial charge in [-0.05, 0) is 23.6 Å². The molecule has 4 heteroatoms. The van der Waals surface area contributed by atoms with Gasteiger partial charge in [-0.3, -0.25) is 0 Å². The molecule has 0 saturated carbocycles. The van der Waals surface area contributed by atoms with Crippen molar-refractivity contribution in [3.8, 4) is 0 Å². The zero-order valence-electron chi connectivity index (χ0n) is 6.75. The highest BCUT2D eigenvalue weighted by Crippen LogP contribution is 2.31. The second kappa shape index (κ2) is 3.40. The molecule has 0 bridgehead atoms. The summed E-state index contributed by atoms with van der Waals surface area (Å²) in [5.41, 5.74) is 6.46. The highest BCUT2D eigenvalue weighted by atomic mass is 35.5. The van der Waals surface area contributed by atoms with Crippen LogP contribution in [0.25, 0.3) is 10.1 Å². The van der Waals surface area contributed by atoms with E-state index in [0.717, 1.165) is 15.5 Å². The molecule has 0 atom stereocenters. The van der Waals surface area contributed by atoms with E-state index in [9.17, 15) is 0 Å².